The summed E-state index contributed by atoms with van der Waals surface area (Å²) in [6, 6.07) is 20.3. The van der Waals surface area contributed by atoms with Gasteiger partial charge in [0.2, 0.25) is 0 Å². The van der Waals surface area contributed by atoms with Gasteiger partial charge in [0.15, 0.2) is 6.61 Å². The first kappa shape index (κ1) is 23.1. The van der Waals surface area contributed by atoms with Crippen molar-refractivity contribution in [1.29, 1.82) is 0 Å². The molecule has 1 amide bonds. The molecule has 0 aliphatic carbocycles. The minimum Gasteiger partial charge on any atom is -0.497 e. The lowest BCUT2D eigenvalue weighted by atomic mass is 10.1. The molecule has 7 nitrogen and oxygen atoms in total. The first-order chi connectivity index (χ1) is 15.3. The summed E-state index contributed by atoms with van der Waals surface area (Å²) < 4.78 is 38.4. The average Bonchev–Trinajstić information content (AvgIpc) is 2.79. The molecule has 168 valence electrons. The number of sulfonamides is 1. The highest BCUT2D eigenvalue weighted by Gasteiger charge is 2.16. The zero-order valence-corrected chi connectivity index (χ0v) is 19.0. The van der Waals surface area contributed by atoms with Crippen molar-refractivity contribution in [2.45, 2.75) is 24.8 Å². The van der Waals surface area contributed by atoms with Crippen molar-refractivity contribution in [3.8, 4) is 11.5 Å². The van der Waals surface area contributed by atoms with Gasteiger partial charge in [0.1, 0.15) is 11.5 Å². The van der Waals surface area contributed by atoms with E-state index in [-0.39, 0.29) is 23.5 Å². The molecule has 0 saturated heterocycles. The number of carbonyl (C=O) groups is 1. The van der Waals surface area contributed by atoms with Crippen LogP contribution in [0, 0.1) is 6.92 Å². The number of para-hydroxylation sites is 1. The summed E-state index contributed by atoms with van der Waals surface area (Å²) in [6.07, 6.45) is 0. The quantitative estimate of drug-likeness (QED) is 0.509. The number of hydrogen-bond acceptors (Lipinski definition) is 5. The van der Waals surface area contributed by atoms with Gasteiger partial charge >= 0.3 is 0 Å². The maximum absolute atomic E-state index is 12.6. The van der Waals surface area contributed by atoms with Gasteiger partial charge in [-0.1, -0.05) is 30.3 Å². The molecule has 2 N–H and O–H groups in total. The normalized spacial score (nSPS) is 12.0. The molecule has 0 bridgehead atoms. The molecule has 1 unspecified atom stereocenters. The van der Waals surface area contributed by atoms with Crippen molar-refractivity contribution in [1.82, 2.24) is 5.32 Å². The maximum atomic E-state index is 12.6. The van der Waals surface area contributed by atoms with E-state index in [0.29, 0.717) is 11.4 Å². The number of aryl methyl sites for hydroxylation is 1. The smallest absolute Gasteiger partial charge is 0.261 e. The van der Waals surface area contributed by atoms with E-state index in [1.54, 1.807) is 19.2 Å². The summed E-state index contributed by atoms with van der Waals surface area (Å²) in [4.78, 5) is 12.3. The Labute approximate surface area is 188 Å². The van der Waals surface area contributed by atoms with Crippen LogP contribution in [0.2, 0.25) is 0 Å². The van der Waals surface area contributed by atoms with Gasteiger partial charge in [-0.3, -0.25) is 9.52 Å². The Bertz CT molecular complexity index is 1160. The number of benzene rings is 3. The molecule has 3 rings (SSSR count). The van der Waals surface area contributed by atoms with Crippen molar-refractivity contribution >= 4 is 21.6 Å². The van der Waals surface area contributed by atoms with Crippen LogP contribution in [0.3, 0.4) is 0 Å². The molecule has 0 heterocycles. The third kappa shape index (κ3) is 6.01. The van der Waals surface area contributed by atoms with E-state index in [2.05, 4.69) is 10.0 Å². The summed E-state index contributed by atoms with van der Waals surface area (Å²) in [7, 11) is -2.13. The standard InChI is InChI=1S/C24H26N2O5S/c1-17-6-4-5-7-23(17)26-32(28,29)22-14-12-21(13-15-22)31-16-24(27)25-18(2)19-8-10-20(30-3)11-9-19/h4-15,18,26H,16H2,1-3H3,(H,25,27). The Morgan fingerprint density at radius 3 is 2.19 bits per heavy atom. The molecule has 0 aromatic heterocycles. The van der Waals surface area contributed by atoms with Gasteiger partial charge < -0.3 is 14.8 Å². The van der Waals surface area contributed by atoms with E-state index in [0.717, 1.165) is 16.9 Å². The van der Waals surface area contributed by atoms with Crippen LogP contribution in [-0.4, -0.2) is 28.0 Å². The number of ether oxygens (including phenoxy) is 2. The number of hydrogen-bond donors (Lipinski definition) is 2. The van der Waals surface area contributed by atoms with Crippen LogP contribution < -0.4 is 19.5 Å². The number of amides is 1. The number of rotatable bonds is 9. The maximum Gasteiger partial charge on any atom is 0.261 e. The van der Waals surface area contributed by atoms with Crippen molar-refractivity contribution in [2.75, 3.05) is 18.4 Å². The Morgan fingerprint density at radius 2 is 1.56 bits per heavy atom. The lowest BCUT2D eigenvalue weighted by Gasteiger charge is -2.15. The van der Waals surface area contributed by atoms with E-state index in [9.17, 15) is 13.2 Å². The number of anilines is 1. The Balaban J connectivity index is 1.54. The van der Waals surface area contributed by atoms with Crippen molar-refractivity contribution < 1.29 is 22.7 Å². The van der Waals surface area contributed by atoms with Crippen molar-refractivity contribution in [3.05, 3.63) is 83.9 Å². The highest BCUT2D eigenvalue weighted by molar-refractivity contribution is 7.92. The van der Waals surface area contributed by atoms with Crippen LogP contribution in [0.5, 0.6) is 11.5 Å². The molecule has 1 atom stereocenters. The van der Waals surface area contributed by atoms with Crippen LogP contribution in [0.25, 0.3) is 0 Å². The molecule has 0 spiro atoms. The van der Waals surface area contributed by atoms with E-state index in [1.165, 1.54) is 24.3 Å². The molecule has 0 radical (unpaired) electrons. The first-order valence-corrected chi connectivity index (χ1v) is 11.5. The third-order valence-electron chi connectivity index (χ3n) is 4.89. The lowest BCUT2D eigenvalue weighted by molar-refractivity contribution is -0.123. The minimum absolute atomic E-state index is 0.102. The zero-order chi connectivity index (χ0) is 23.1. The van der Waals surface area contributed by atoms with E-state index in [4.69, 9.17) is 9.47 Å². The van der Waals surface area contributed by atoms with Crippen molar-refractivity contribution in [2.24, 2.45) is 0 Å². The molecule has 8 heteroatoms. The van der Waals surface area contributed by atoms with Gasteiger partial charge in [-0.15, -0.1) is 0 Å². The van der Waals surface area contributed by atoms with Crippen molar-refractivity contribution in [3.63, 3.8) is 0 Å². The Hall–Kier alpha value is -3.52. The average molecular weight is 455 g/mol. The van der Waals surface area contributed by atoms with Gasteiger partial charge in [-0.05, 0) is 67.4 Å². The Kier molecular flexibility index (Phi) is 7.37. The monoisotopic (exact) mass is 454 g/mol. The van der Waals surface area contributed by atoms with Crippen LogP contribution in [0.4, 0.5) is 5.69 Å². The second-order valence-electron chi connectivity index (χ2n) is 7.24. The van der Waals surface area contributed by atoms with Gasteiger partial charge in [-0.2, -0.15) is 0 Å². The SMILES string of the molecule is COc1ccc(C(C)NC(=O)COc2ccc(S(=O)(=O)Nc3ccccc3C)cc2)cc1. The van der Waals surface area contributed by atoms with Gasteiger partial charge in [0.05, 0.1) is 23.7 Å². The Morgan fingerprint density at radius 1 is 0.938 bits per heavy atom. The topological polar surface area (TPSA) is 93.7 Å². The summed E-state index contributed by atoms with van der Waals surface area (Å²) >= 11 is 0. The third-order valence-corrected chi connectivity index (χ3v) is 6.27. The van der Waals surface area contributed by atoms with Crippen LogP contribution in [0.15, 0.2) is 77.7 Å². The van der Waals surface area contributed by atoms with Gasteiger partial charge in [-0.25, -0.2) is 8.42 Å². The van der Waals surface area contributed by atoms with E-state index < -0.39 is 10.0 Å². The van der Waals surface area contributed by atoms with Crippen LogP contribution >= 0.6 is 0 Å². The van der Waals surface area contributed by atoms with Gasteiger partial charge in [0.25, 0.3) is 15.9 Å². The predicted octanol–water partition coefficient (Wildman–Crippen LogP) is 4.06. The molecule has 0 aliphatic heterocycles. The number of carbonyl (C=O) groups excluding carboxylic acids is 1. The molecule has 0 aliphatic rings. The molecule has 3 aromatic rings. The fraction of sp³-hybridized carbons (Fsp3) is 0.208. The molecular weight excluding hydrogens is 428 g/mol. The molecule has 32 heavy (non-hydrogen) atoms. The number of methoxy groups -OCH3 is 1. The fourth-order valence-electron chi connectivity index (χ4n) is 3.01. The van der Waals surface area contributed by atoms with Crippen LogP contribution in [0.1, 0.15) is 24.1 Å². The summed E-state index contributed by atoms with van der Waals surface area (Å²) in [5.41, 5.74) is 2.29. The highest BCUT2D eigenvalue weighted by atomic mass is 32.2. The molecule has 0 fully saturated rings. The second-order valence-corrected chi connectivity index (χ2v) is 8.93. The highest BCUT2D eigenvalue weighted by Crippen LogP contribution is 2.21. The van der Waals surface area contributed by atoms with Crippen LogP contribution in [-0.2, 0) is 14.8 Å². The zero-order valence-electron chi connectivity index (χ0n) is 18.2. The summed E-state index contributed by atoms with van der Waals surface area (Å²) in [5, 5.41) is 2.86. The molecular formula is C24H26N2O5S. The fourth-order valence-corrected chi connectivity index (χ4v) is 4.14. The second kappa shape index (κ2) is 10.2. The minimum atomic E-state index is -3.73. The predicted molar refractivity (Wildman–Crippen MR) is 123 cm³/mol. The largest absolute Gasteiger partial charge is 0.497 e. The first-order valence-electron chi connectivity index (χ1n) is 10.0. The van der Waals surface area contributed by atoms with E-state index in [1.807, 2.05) is 50.2 Å². The lowest BCUT2D eigenvalue weighted by Crippen LogP contribution is -2.31. The summed E-state index contributed by atoms with van der Waals surface area (Å²) in [5.74, 6) is 0.855. The van der Waals surface area contributed by atoms with Gasteiger partial charge in [0, 0.05) is 0 Å². The molecule has 3 aromatic carbocycles. The summed E-state index contributed by atoms with van der Waals surface area (Å²) in [6.45, 7) is 3.52. The number of nitrogens with one attached hydrogen (secondary N) is 2. The van der Waals surface area contributed by atoms with E-state index >= 15 is 0 Å². The molecule has 0 saturated carbocycles.